The van der Waals surface area contributed by atoms with Gasteiger partial charge in [-0.3, -0.25) is 9.20 Å². The zero-order chi connectivity index (χ0) is 22.1. The molecule has 6 nitrogen and oxygen atoms in total. The van der Waals surface area contributed by atoms with Gasteiger partial charge < -0.3 is 5.32 Å². The number of nitrogens with one attached hydrogen (secondary N) is 1. The fraction of sp³-hybridized carbons (Fsp3) is 0.280. The van der Waals surface area contributed by atoms with Gasteiger partial charge >= 0.3 is 0 Å². The lowest BCUT2D eigenvalue weighted by molar-refractivity contribution is 0.102. The molecule has 1 aliphatic carbocycles. The van der Waals surface area contributed by atoms with E-state index < -0.39 is 0 Å². The second-order valence-electron chi connectivity index (χ2n) is 8.34. The number of halogens is 1. The van der Waals surface area contributed by atoms with E-state index in [0.29, 0.717) is 22.9 Å². The molecule has 0 atom stereocenters. The number of amides is 1. The number of fused-ring (bicyclic) bond motifs is 1. The number of carbonyl (C=O) groups excluding carboxylic acids is 1. The smallest absolute Gasteiger partial charge is 0.256 e. The minimum atomic E-state index is -0.287. The third-order valence-electron chi connectivity index (χ3n) is 6.25. The van der Waals surface area contributed by atoms with Gasteiger partial charge in [0.2, 0.25) is 0 Å². The van der Waals surface area contributed by atoms with E-state index >= 15 is 0 Å². The van der Waals surface area contributed by atoms with E-state index in [9.17, 15) is 9.18 Å². The van der Waals surface area contributed by atoms with Gasteiger partial charge in [0.1, 0.15) is 11.6 Å². The van der Waals surface area contributed by atoms with E-state index in [1.165, 1.54) is 31.4 Å². The van der Waals surface area contributed by atoms with E-state index in [-0.39, 0.29) is 11.7 Å². The first kappa shape index (κ1) is 20.3. The molecule has 32 heavy (non-hydrogen) atoms. The Morgan fingerprint density at radius 1 is 1.06 bits per heavy atom. The topological polar surface area (TPSA) is 72.2 Å². The molecule has 1 saturated carbocycles. The third kappa shape index (κ3) is 3.86. The zero-order valence-electron chi connectivity index (χ0n) is 17.9. The number of aromatic nitrogens is 4. The first-order valence-corrected chi connectivity index (χ1v) is 11.0. The van der Waals surface area contributed by atoms with Crippen LogP contribution in [0.2, 0.25) is 0 Å². The van der Waals surface area contributed by atoms with Crippen molar-refractivity contribution in [3.05, 3.63) is 77.6 Å². The molecule has 0 saturated heterocycles. The highest BCUT2D eigenvalue weighted by Gasteiger charge is 2.21. The zero-order valence-corrected chi connectivity index (χ0v) is 17.9. The molecule has 2 aromatic heterocycles. The Bertz CT molecular complexity index is 1280. The predicted molar refractivity (Wildman–Crippen MR) is 121 cm³/mol. The van der Waals surface area contributed by atoms with Crippen molar-refractivity contribution in [1.82, 2.24) is 19.6 Å². The molecular formula is C25H24FN5O. The molecule has 2 aromatic carbocycles. The minimum absolute atomic E-state index is 0.222. The van der Waals surface area contributed by atoms with Crippen molar-refractivity contribution in [2.75, 3.05) is 5.32 Å². The van der Waals surface area contributed by atoms with Crippen molar-refractivity contribution in [3.8, 4) is 11.1 Å². The summed E-state index contributed by atoms with van der Waals surface area (Å²) < 4.78 is 15.2. The molecule has 0 spiro atoms. The van der Waals surface area contributed by atoms with Crippen molar-refractivity contribution >= 4 is 17.4 Å². The van der Waals surface area contributed by atoms with Crippen LogP contribution < -0.4 is 5.32 Å². The van der Waals surface area contributed by atoms with Gasteiger partial charge in [0.05, 0.1) is 11.9 Å². The number of rotatable bonds is 4. The van der Waals surface area contributed by atoms with Crippen LogP contribution in [0.1, 0.15) is 59.8 Å². The molecule has 0 aliphatic heterocycles. The monoisotopic (exact) mass is 429 g/mol. The normalized spacial score (nSPS) is 14.6. The maximum Gasteiger partial charge on any atom is 0.256 e. The summed E-state index contributed by atoms with van der Waals surface area (Å²) in [6, 6.07) is 11.8. The summed E-state index contributed by atoms with van der Waals surface area (Å²) >= 11 is 0. The second kappa shape index (κ2) is 8.49. The quantitative estimate of drug-likeness (QED) is 0.462. The summed E-state index contributed by atoms with van der Waals surface area (Å²) in [5.74, 6) is 1.32. The van der Waals surface area contributed by atoms with Crippen molar-refractivity contribution in [1.29, 1.82) is 0 Å². The van der Waals surface area contributed by atoms with E-state index in [1.807, 2.05) is 29.7 Å². The SMILES string of the molecule is Cc1c(C(=O)Nc2cnc3nnc(C4CCCCC4)n3c2)cccc1-c1ccc(F)cc1. The fourth-order valence-corrected chi connectivity index (χ4v) is 4.53. The van der Waals surface area contributed by atoms with Crippen LogP contribution >= 0.6 is 0 Å². The lowest BCUT2D eigenvalue weighted by Crippen LogP contribution is -2.15. The highest BCUT2D eigenvalue weighted by molar-refractivity contribution is 6.06. The number of benzene rings is 2. The van der Waals surface area contributed by atoms with Crippen LogP contribution in [0.4, 0.5) is 10.1 Å². The standard InChI is InChI=1S/C25H24FN5O/c1-16-21(17-10-12-19(26)13-11-17)8-5-9-22(16)24(32)28-20-14-27-25-30-29-23(31(25)15-20)18-6-3-2-4-7-18/h5,8-15,18H,2-4,6-7H2,1H3,(H,28,32). The van der Waals surface area contributed by atoms with Crippen LogP contribution in [0.15, 0.2) is 54.9 Å². The molecule has 4 aromatic rings. The predicted octanol–water partition coefficient (Wildman–Crippen LogP) is 5.54. The molecule has 0 unspecified atom stereocenters. The molecule has 1 fully saturated rings. The van der Waals surface area contributed by atoms with Crippen molar-refractivity contribution in [3.63, 3.8) is 0 Å². The molecule has 1 amide bonds. The highest BCUT2D eigenvalue weighted by Crippen LogP contribution is 2.32. The van der Waals surface area contributed by atoms with E-state index in [4.69, 9.17) is 0 Å². The van der Waals surface area contributed by atoms with E-state index in [2.05, 4.69) is 20.5 Å². The Balaban J connectivity index is 1.42. The largest absolute Gasteiger partial charge is 0.319 e. The molecule has 0 bridgehead atoms. The first-order valence-electron chi connectivity index (χ1n) is 11.0. The third-order valence-corrected chi connectivity index (χ3v) is 6.25. The van der Waals surface area contributed by atoms with Gasteiger partial charge in [0.25, 0.3) is 11.7 Å². The summed E-state index contributed by atoms with van der Waals surface area (Å²) in [7, 11) is 0. The molecule has 0 radical (unpaired) electrons. The van der Waals surface area contributed by atoms with Crippen molar-refractivity contribution < 1.29 is 9.18 Å². The summed E-state index contributed by atoms with van der Waals surface area (Å²) in [5.41, 5.74) is 3.74. The minimum Gasteiger partial charge on any atom is -0.319 e. The van der Waals surface area contributed by atoms with Crippen LogP contribution in [-0.2, 0) is 0 Å². The average molecular weight is 429 g/mol. The highest BCUT2D eigenvalue weighted by atomic mass is 19.1. The van der Waals surface area contributed by atoms with Crippen LogP contribution in [0.5, 0.6) is 0 Å². The maximum atomic E-state index is 13.3. The Morgan fingerprint density at radius 3 is 2.62 bits per heavy atom. The molecule has 2 heterocycles. The number of hydrogen-bond acceptors (Lipinski definition) is 4. The molecule has 162 valence electrons. The van der Waals surface area contributed by atoms with Crippen molar-refractivity contribution in [2.45, 2.75) is 44.9 Å². The Kier molecular flexibility index (Phi) is 5.39. The summed E-state index contributed by atoms with van der Waals surface area (Å²) in [4.78, 5) is 17.5. The van der Waals surface area contributed by atoms with Crippen LogP contribution in [-0.4, -0.2) is 25.5 Å². The van der Waals surface area contributed by atoms with Gasteiger partial charge in [-0.05, 0) is 54.7 Å². The summed E-state index contributed by atoms with van der Waals surface area (Å²) in [6.45, 7) is 1.90. The van der Waals surface area contributed by atoms with Gasteiger partial charge in [-0.1, -0.05) is 43.5 Å². The number of nitrogens with zero attached hydrogens (tertiary/aromatic N) is 4. The number of anilines is 1. The Hall–Kier alpha value is -3.61. The van der Waals surface area contributed by atoms with Crippen LogP contribution in [0.3, 0.4) is 0 Å². The molecule has 1 N–H and O–H groups in total. The second-order valence-corrected chi connectivity index (χ2v) is 8.34. The van der Waals surface area contributed by atoms with Crippen LogP contribution in [0.25, 0.3) is 16.9 Å². The summed E-state index contributed by atoms with van der Waals surface area (Å²) in [5, 5.41) is 11.5. The lowest BCUT2D eigenvalue weighted by atomic mass is 9.89. The number of carbonyl (C=O) groups is 1. The first-order chi connectivity index (χ1) is 15.6. The summed E-state index contributed by atoms with van der Waals surface area (Å²) in [6.07, 6.45) is 9.33. The molecular weight excluding hydrogens is 405 g/mol. The Morgan fingerprint density at radius 2 is 1.84 bits per heavy atom. The Labute approximate surface area is 185 Å². The van der Waals surface area contributed by atoms with Gasteiger partial charge in [-0.25, -0.2) is 9.37 Å². The van der Waals surface area contributed by atoms with Crippen LogP contribution in [0, 0.1) is 12.7 Å². The fourth-order valence-electron chi connectivity index (χ4n) is 4.53. The maximum absolute atomic E-state index is 13.3. The van der Waals surface area contributed by atoms with E-state index in [1.54, 1.807) is 24.4 Å². The van der Waals surface area contributed by atoms with Crippen molar-refractivity contribution in [2.24, 2.45) is 0 Å². The van der Waals surface area contributed by atoms with Gasteiger partial charge in [-0.15, -0.1) is 10.2 Å². The van der Waals surface area contributed by atoms with E-state index in [0.717, 1.165) is 35.4 Å². The molecule has 7 heteroatoms. The molecule has 1 aliphatic rings. The van der Waals surface area contributed by atoms with Gasteiger partial charge in [0.15, 0.2) is 0 Å². The van der Waals surface area contributed by atoms with Gasteiger partial charge in [-0.2, -0.15) is 0 Å². The van der Waals surface area contributed by atoms with Gasteiger partial charge in [0, 0.05) is 17.7 Å². The molecule has 5 rings (SSSR count). The number of hydrogen-bond donors (Lipinski definition) is 1. The average Bonchev–Trinajstić information content (AvgIpc) is 3.24. The lowest BCUT2D eigenvalue weighted by Gasteiger charge is -2.19.